The van der Waals surface area contributed by atoms with Gasteiger partial charge in [0.1, 0.15) is 0 Å². The van der Waals surface area contributed by atoms with Crippen LogP contribution in [-0.2, 0) is 4.79 Å². The smallest absolute Gasteiger partial charge is 0.220 e. The minimum atomic E-state index is 0.292. The summed E-state index contributed by atoms with van der Waals surface area (Å²) in [5, 5.41) is 2.99. The first-order valence-electron chi connectivity index (χ1n) is 5.07. The fourth-order valence-electron chi connectivity index (χ4n) is 3.73. The average molecular weight is 165 g/mol. The Morgan fingerprint density at radius 3 is 3.00 bits per heavy atom. The third-order valence-electron chi connectivity index (χ3n) is 4.26. The molecule has 0 aromatic rings. The van der Waals surface area contributed by atoms with Crippen molar-refractivity contribution in [3.8, 4) is 0 Å². The van der Waals surface area contributed by atoms with E-state index in [1.165, 1.54) is 25.7 Å². The van der Waals surface area contributed by atoms with Crippen molar-refractivity contribution >= 4 is 5.91 Å². The minimum absolute atomic E-state index is 0.292. The Morgan fingerprint density at radius 1 is 1.42 bits per heavy atom. The van der Waals surface area contributed by atoms with E-state index in [0.717, 1.165) is 24.8 Å². The zero-order valence-electron chi connectivity index (χ0n) is 7.31. The summed E-state index contributed by atoms with van der Waals surface area (Å²) in [6.07, 6.45) is 6.39. The van der Waals surface area contributed by atoms with Gasteiger partial charge in [0.15, 0.2) is 0 Å². The summed E-state index contributed by atoms with van der Waals surface area (Å²) in [5.74, 6) is 2.18. The lowest BCUT2D eigenvalue weighted by atomic mass is 9.54. The predicted molar refractivity (Wildman–Crippen MR) is 45.5 cm³/mol. The second-order valence-electron chi connectivity index (χ2n) is 4.82. The van der Waals surface area contributed by atoms with Crippen LogP contribution in [0.15, 0.2) is 0 Å². The third kappa shape index (κ3) is 0.686. The lowest BCUT2D eigenvalue weighted by Gasteiger charge is -2.49. The molecule has 3 rings (SSSR count). The van der Waals surface area contributed by atoms with Gasteiger partial charge in [0.05, 0.1) is 0 Å². The van der Waals surface area contributed by atoms with E-state index in [0.29, 0.717) is 11.3 Å². The zero-order valence-corrected chi connectivity index (χ0v) is 7.31. The molecule has 66 valence electrons. The molecule has 1 spiro atoms. The number of amides is 1. The van der Waals surface area contributed by atoms with Gasteiger partial charge >= 0.3 is 0 Å². The Balaban J connectivity index is 1.82. The molecule has 1 saturated heterocycles. The molecule has 0 unspecified atom stereocenters. The van der Waals surface area contributed by atoms with E-state index in [1.54, 1.807) is 0 Å². The fourth-order valence-corrected chi connectivity index (χ4v) is 3.73. The summed E-state index contributed by atoms with van der Waals surface area (Å²) < 4.78 is 0. The summed E-state index contributed by atoms with van der Waals surface area (Å²) in [4.78, 5) is 11.1. The van der Waals surface area contributed by atoms with Crippen molar-refractivity contribution in [3.05, 3.63) is 0 Å². The average Bonchev–Trinajstić information content (AvgIpc) is 2.55. The van der Waals surface area contributed by atoms with Crippen molar-refractivity contribution in [2.45, 2.75) is 32.1 Å². The van der Waals surface area contributed by atoms with Gasteiger partial charge in [0, 0.05) is 13.0 Å². The molecule has 0 aromatic carbocycles. The van der Waals surface area contributed by atoms with E-state index in [4.69, 9.17) is 0 Å². The first-order chi connectivity index (χ1) is 5.80. The Kier molecular flexibility index (Phi) is 1.18. The molecule has 1 aliphatic heterocycles. The van der Waals surface area contributed by atoms with Crippen LogP contribution in [0.4, 0.5) is 0 Å². The summed E-state index contributed by atoms with van der Waals surface area (Å²) in [6, 6.07) is 0. The maximum absolute atomic E-state index is 11.1. The number of hydrogen-bond donors (Lipinski definition) is 1. The Bertz CT molecular complexity index is 238. The van der Waals surface area contributed by atoms with Gasteiger partial charge in [-0.15, -0.1) is 0 Å². The summed E-state index contributed by atoms with van der Waals surface area (Å²) in [7, 11) is 0. The second-order valence-corrected chi connectivity index (χ2v) is 4.82. The molecule has 2 heteroatoms. The highest BCUT2D eigenvalue weighted by Crippen LogP contribution is 2.61. The van der Waals surface area contributed by atoms with Gasteiger partial charge in [0.2, 0.25) is 5.91 Å². The normalized spacial score (nSPS) is 50.5. The lowest BCUT2D eigenvalue weighted by molar-refractivity contribution is -0.121. The van der Waals surface area contributed by atoms with Crippen LogP contribution < -0.4 is 5.32 Å². The van der Waals surface area contributed by atoms with Crippen LogP contribution in [-0.4, -0.2) is 12.5 Å². The zero-order chi connectivity index (χ0) is 8.18. The summed E-state index contributed by atoms with van der Waals surface area (Å²) in [6.45, 7) is 0.979. The monoisotopic (exact) mass is 165 g/mol. The van der Waals surface area contributed by atoms with Gasteiger partial charge in [0.25, 0.3) is 0 Å². The second kappa shape index (κ2) is 2.04. The molecule has 0 radical (unpaired) electrons. The van der Waals surface area contributed by atoms with Gasteiger partial charge < -0.3 is 5.32 Å². The van der Waals surface area contributed by atoms with Crippen LogP contribution in [0.1, 0.15) is 32.1 Å². The number of carbonyl (C=O) groups excluding carboxylic acids is 1. The van der Waals surface area contributed by atoms with E-state index in [1.807, 2.05) is 0 Å². The van der Waals surface area contributed by atoms with E-state index < -0.39 is 0 Å². The van der Waals surface area contributed by atoms with Crippen LogP contribution in [0.25, 0.3) is 0 Å². The van der Waals surface area contributed by atoms with E-state index in [-0.39, 0.29) is 0 Å². The molecule has 2 aliphatic carbocycles. The molecule has 3 atom stereocenters. The Labute approximate surface area is 72.7 Å². The minimum Gasteiger partial charge on any atom is -0.356 e. The number of fused-ring (bicyclic) bond motifs is 2. The largest absolute Gasteiger partial charge is 0.356 e. The molecular weight excluding hydrogens is 150 g/mol. The molecule has 1 N–H and O–H groups in total. The van der Waals surface area contributed by atoms with Gasteiger partial charge in [-0.3, -0.25) is 4.79 Å². The van der Waals surface area contributed by atoms with Crippen molar-refractivity contribution in [2.75, 3.05) is 6.54 Å². The molecule has 2 nitrogen and oxygen atoms in total. The van der Waals surface area contributed by atoms with Gasteiger partial charge in [-0.2, -0.15) is 0 Å². The molecule has 1 amide bonds. The maximum atomic E-state index is 11.1. The summed E-state index contributed by atoms with van der Waals surface area (Å²) >= 11 is 0. The number of carbonyl (C=O) groups is 1. The molecule has 3 aliphatic rings. The number of rotatable bonds is 0. The van der Waals surface area contributed by atoms with Gasteiger partial charge in [-0.05, 0) is 30.1 Å². The highest BCUT2D eigenvalue weighted by Gasteiger charge is 2.57. The molecule has 2 saturated carbocycles. The maximum Gasteiger partial charge on any atom is 0.220 e. The highest BCUT2D eigenvalue weighted by molar-refractivity contribution is 5.79. The SMILES string of the molecule is O=C1C[C@]2(CN1)C[C@@H]1CCC[C@@H]12. The van der Waals surface area contributed by atoms with Crippen molar-refractivity contribution in [3.63, 3.8) is 0 Å². The van der Waals surface area contributed by atoms with Crippen LogP contribution in [0.3, 0.4) is 0 Å². The van der Waals surface area contributed by atoms with Crippen LogP contribution >= 0.6 is 0 Å². The topological polar surface area (TPSA) is 29.1 Å². The van der Waals surface area contributed by atoms with Gasteiger partial charge in [-0.1, -0.05) is 12.8 Å². The Morgan fingerprint density at radius 2 is 2.33 bits per heavy atom. The van der Waals surface area contributed by atoms with Crippen molar-refractivity contribution in [1.82, 2.24) is 5.32 Å². The van der Waals surface area contributed by atoms with Crippen molar-refractivity contribution in [1.29, 1.82) is 0 Å². The molecule has 12 heavy (non-hydrogen) atoms. The number of hydrogen-bond acceptors (Lipinski definition) is 1. The first kappa shape index (κ1) is 6.93. The van der Waals surface area contributed by atoms with E-state index >= 15 is 0 Å². The van der Waals surface area contributed by atoms with Crippen LogP contribution in [0, 0.1) is 17.3 Å². The molecule has 1 heterocycles. The third-order valence-corrected chi connectivity index (χ3v) is 4.26. The molecule has 3 fully saturated rings. The standard InChI is InChI=1S/C10H15NO/c12-9-5-10(6-11-9)4-7-2-1-3-8(7)10/h7-8H,1-6H2,(H,11,12)/t7-,8-,10-/m0/s1. The van der Waals surface area contributed by atoms with Crippen LogP contribution in [0.2, 0.25) is 0 Å². The fraction of sp³-hybridized carbons (Fsp3) is 0.900. The number of nitrogens with one attached hydrogen (secondary N) is 1. The van der Waals surface area contributed by atoms with Crippen molar-refractivity contribution < 1.29 is 4.79 Å². The quantitative estimate of drug-likeness (QED) is 0.576. The predicted octanol–water partition coefficient (Wildman–Crippen LogP) is 1.31. The molecular formula is C10H15NO. The van der Waals surface area contributed by atoms with E-state index in [9.17, 15) is 4.79 Å². The van der Waals surface area contributed by atoms with Crippen LogP contribution in [0.5, 0.6) is 0 Å². The molecule has 0 bridgehead atoms. The van der Waals surface area contributed by atoms with Crippen molar-refractivity contribution in [2.24, 2.45) is 17.3 Å². The first-order valence-corrected chi connectivity index (χ1v) is 5.07. The molecule has 0 aromatic heterocycles. The lowest BCUT2D eigenvalue weighted by Crippen LogP contribution is -2.46. The van der Waals surface area contributed by atoms with Gasteiger partial charge in [-0.25, -0.2) is 0 Å². The highest BCUT2D eigenvalue weighted by atomic mass is 16.1. The van der Waals surface area contributed by atoms with E-state index in [2.05, 4.69) is 5.32 Å². The summed E-state index contributed by atoms with van der Waals surface area (Å²) in [5.41, 5.74) is 0.429. The Hall–Kier alpha value is -0.530.